The van der Waals surface area contributed by atoms with Gasteiger partial charge >= 0.3 is 6.09 Å². The van der Waals surface area contributed by atoms with Gasteiger partial charge in [0, 0.05) is 24.7 Å². The molecule has 2 aliphatic rings. The van der Waals surface area contributed by atoms with Gasteiger partial charge in [0.2, 0.25) is 0 Å². The van der Waals surface area contributed by atoms with Crippen molar-refractivity contribution < 1.29 is 9.53 Å². The van der Waals surface area contributed by atoms with Crippen LogP contribution in [0.15, 0.2) is 48.7 Å². The van der Waals surface area contributed by atoms with Gasteiger partial charge in [0.05, 0.1) is 23.6 Å². The van der Waals surface area contributed by atoms with Crippen molar-refractivity contribution in [1.29, 1.82) is 0 Å². The summed E-state index contributed by atoms with van der Waals surface area (Å²) in [6.07, 6.45) is 2.75. The number of piperazine rings is 1. The minimum atomic E-state index is -0.449. The zero-order chi connectivity index (χ0) is 18.3. The molecule has 0 radical (unpaired) electrons. The maximum absolute atomic E-state index is 12.4. The second kappa shape index (κ2) is 6.31. The zero-order valence-electron chi connectivity index (χ0n) is 15.6. The fourth-order valence-electron chi connectivity index (χ4n) is 3.86. The van der Waals surface area contributed by atoms with Crippen LogP contribution in [0, 0.1) is 0 Å². The van der Waals surface area contributed by atoms with Crippen molar-refractivity contribution in [2.45, 2.75) is 44.9 Å². The molecule has 1 unspecified atom stereocenters. The number of amides is 1. The predicted molar refractivity (Wildman–Crippen MR) is 102 cm³/mol. The van der Waals surface area contributed by atoms with Crippen molar-refractivity contribution in [3.05, 3.63) is 48.7 Å². The smallest absolute Gasteiger partial charge is 0.410 e. The van der Waals surface area contributed by atoms with Crippen LogP contribution < -0.4 is 4.90 Å². The largest absolute Gasteiger partial charge is 0.444 e. The highest BCUT2D eigenvalue weighted by atomic mass is 16.6. The number of carbonyl (C=O) groups excluding carboxylic acids is 1. The summed E-state index contributed by atoms with van der Waals surface area (Å²) in [7, 11) is 0. The third kappa shape index (κ3) is 3.26. The molecule has 3 heterocycles. The van der Waals surface area contributed by atoms with Crippen molar-refractivity contribution in [2.24, 2.45) is 0 Å². The Morgan fingerprint density at radius 1 is 1.08 bits per heavy atom. The van der Waals surface area contributed by atoms with E-state index in [-0.39, 0.29) is 12.1 Å². The van der Waals surface area contributed by atoms with Gasteiger partial charge in [-0.2, -0.15) is 0 Å². The Bertz CT molecular complexity index is 783. The van der Waals surface area contributed by atoms with E-state index in [1.165, 1.54) is 0 Å². The molecular weight excluding hydrogens is 326 g/mol. The van der Waals surface area contributed by atoms with E-state index in [1.54, 1.807) is 0 Å². The van der Waals surface area contributed by atoms with Gasteiger partial charge in [0.25, 0.3) is 0 Å². The molecule has 0 saturated carbocycles. The van der Waals surface area contributed by atoms with E-state index in [0.717, 1.165) is 36.5 Å². The number of benzene rings is 1. The van der Waals surface area contributed by atoms with Gasteiger partial charge < -0.3 is 14.5 Å². The topological polar surface area (TPSA) is 45.7 Å². The molecule has 2 atom stereocenters. The van der Waals surface area contributed by atoms with E-state index in [9.17, 15) is 4.79 Å². The molecule has 2 aromatic rings. The van der Waals surface area contributed by atoms with E-state index in [4.69, 9.17) is 4.74 Å². The van der Waals surface area contributed by atoms with Gasteiger partial charge in [-0.3, -0.25) is 4.98 Å². The molecule has 5 heteroatoms. The molecule has 5 nitrogen and oxygen atoms in total. The van der Waals surface area contributed by atoms with Gasteiger partial charge in [0.15, 0.2) is 0 Å². The average Bonchev–Trinajstić information content (AvgIpc) is 3.22. The number of hydrogen-bond acceptors (Lipinski definition) is 4. The first-order valence-corrected chi connectivity index (χ1v) is 9.18. The lowest BCUT2D eigenvalue weighted by Crippen LogP contribution is -2.50. The number of likely N-dealkylation sites (tertiary alicyclic amines) is 1. The summed E-state index contributed by atoms with van der Waals surface area (Å²) in [6.45, 7) is 7.29. The third-order valence-electron chi connectivity index (χ3n) is 5.02. The molecule has 2 saturated heterocycles. The summed E-state index contributed by atoms with van der Waals surface area (Å²) in [5.74, 6) is 0. The highest BCUT2D eigenvalue weighted by molar-refractivity contribution is 5.70. The summed E-state index contributed by atoms with van der Waals surface area (Å²) in [5, 5.41) is 0. The van der Waals surface area contributed by atoms with Crippen LogP contribution in [0.1, 0.15) is 27.2 Å². The number of rotatable bonds is 2. The molecule has 2 aliphatic heterocycles. The molecule has 1 amide bonds. The van der Waals surface area contributed by atoms with Crippen molar-refractivity contribution in [3.8, 4) is 11.3 Å². The second-order valence-electron chi connectivity index (χ2n) is 8.10. The van der Waals surface area contributed by atoms with Crippen LogP contribution in [0.3, 0.4) is 0 Å². The van der Waals surface area contributed by atoms with Crippen molar-refractivity contribution in [2.75, 3.05) is 18.0 Å². The van der Waals surface area contributed by atoms with E-state index in [2.05, 4.69) is 34.1 Å². The number of ether oxygens (including phenoxy) is 1. The molecule has 0 aliphatic carbocycles. The third-order valence-corrected chi connectivity index (χ3v) is 5.02. The van der Waals surface area contributed by atoms with Gasteiger partial charge in [-0.05, 0) is 39.3 Å². The average molecular weight is 351 g/mol. The van der Waals surface area contributed by atoms with Crippen LogP contribution in [-0.4, -0.2) is 46.8 Å². The Balaban J connectivity index is 1.43. The van der Waals surface area contributed by atoms with Crippen LogP contribution >= 0.6 is 0 Å². The summed E-state index contributed by atoms with van der Waals surface area (Å²) in [6, 6.07) is 15.0. The maximum Gasteiger partial charge on any atom is 0.410 e. The quantitative estimate of drug-likeness (QED) is 0.822. The summed E-state index contributed by atoms with van der Waals surface area (Å²) >= 11 is 0. The van der Waals surface area contributed by atoms with E-state index < -0.39 is 5.60 Å². The van der Waals surface area contributed by atoms with Crippen LogP contribution in [-0.2, 0) is 4.74 Å². The number of anilines is 1. The summed E-state index contributed by atoms with van der Waals surface area (Å²) in [5.41, 5.74) is 2.78. The minimum absolute atomic E-state index is 0.192. The molecule has 0 N–H and O–H groups in total. The molecular formula is C21H25N3O2. The standard InChI is InChI=1S/C21H25N3O2/c1-21(2,3)26-20(25)24-14-17-11-18(24)13-23(17)16-9-10-19(22-12-16)15-7-5-4-6-8-15/h4-10,12,17-18H,11,13-14H2,1-3H3/t17-,18?/m0/s1. The lowest BCUT2D eigenvalue weighted by molar-refractivity contribution is 0.0215. The summed E-state index contributed by atoms with van der Waals surface area (Å²) < 4.78 is 5.54. The first kappa shape index (κ1) is 16.9. The lowest BCUT2D eigenvalue weighted by atomic mass is 10.1. The molecule has 26 heavy (non-hydrogen) atoms. The molecule has 4 rings (SSSR count). The first-order chi connectivity index (χ1) is 12.4. The highest BCUT2D eigenvalue weighted by Crippen LogP contribution is 2.35. The highest BCUT2D eigenvalue weighted by Gasteiger charge is 2.46. The Hall–Kier alpha value is -2.56. The van der Waals surface area contributed by atoms with Crippen LogP contribution in [0.2, 0.25) is 0 Å². The van der Waals surface area contributed by atoms with Crippen molar-refractivity contribution in [1.82, 2.24) is 9.88 Å². The van der Waals surface area contributed by atoms with Gasteiger partial charge in [0.1, 0.15) is 5.60 Å². The van der Waals surface area contributed by atoms with E-state index in [0.29, 0.717) is 6.04 Å². The molecule has 1 aromatic carbocycles. The number of fused-ring (bicyclic) bond motifs is 2. The number of aromatic nitrogens is 1. The van der Waals surface area contributed by atoms with Gasteiger partial charge in [-0.1, -0.05) is 30.3 Å². The van der Waals surface area contributed by atoms with Crippen molar-refractivity contribution in [3.63, 3.8) is 0 Å². The minimum Gasteiger partial charge on any atom is -0.444 e. The predicted octanol–water partition coefficient (Wildman–Crippen LogP) is 3.95. The fourth-order valence-corrected chi connectivity index (χ4v) is 3.86. The zero-order valence-corrected chi connectivity index (χ0v) is 15.6. The molecule has 0 spiro atoms. The number of nitrogens with zero attached hydrogens (tertiary/aromatic N) is 3. The summed E-state index contributed by atoms with van der Waals surface area (Å²) in [4.78, 5) is 21.3. The van der Waals surface area contributed by atoms with Gasteiger partial charge in [-0.15, -0.1) is 0 Å². The Kier molecular flexibility index (Phi) is 4.10. The monoisotopic (exact) mass is 351 g/mol. The van der Waals surface area contributed by atoms with Crippen LogP contribution in [0.4, 0.5) is 10.5 Å². The fraction of sp³-hybridized carbons (Fsp3) is 0.429. The first-order valence-electron chi connectivity index (χ1n) is 9.18. The van der Waals surface area contributed by atoms with Crippen LogP contribution in [0.5, 0.6) is 0 Å². The Labute approximate surface area is 154 Å². The van der Waals surface area contributed by atoms with E-state index in [1.807, 2.05) is 50.1 Å². The van der Waals surface area contributed by atoms with E-state index >= 15 is 0 Å². The number of carbonyl (C=O) groups is 1. The second-order valence-corrected chi connectivity index (χ2v) is 8.10. The lowest BCUT2D eigenvalue weighted by Gasteiger charge is -2.36. The number of hydrogen-bond donors (Lipinski definition) is 0. The SMILES string of the molecule is CC(C)(C)OC(=O)N1C[C@@H]2CC1CN2c1ccc(-c2ccccc2)nc1. The molecule has 136 valence electrons. The Morgan fingerprint density at radius 3 is 2.42 bits per heavy atom. The number of pyridine rings is 1. The maximum atomic E-state index is 12.4. The normalized spacial score (nSPS) is 22.0. The molecule has 2 bridgehead atoms. The van der Waals surface area contributed by atoms with Gasteiger partial charge in [-0.25, -0.2) is 4.79 Å². The molecule has 1 aromatic heterocycles. The molecule has 2 fully saturated rings. The van der Waals surface area contributed by atoms with Crippen LogP contribution in [0.25, 0.3) is 11.3 Å². The Morgan fingerprint density at radius 2 is 1.85 bits per heavy atom. The van der Waals surface area contributed by atoms with Crippen molar-refractivity contribution >= 4 is 11.8 Å².